The van der Waals surface area contributed by atoms with E-state index < -0.39 is 0 Å². The van der Waals surface area contributed by atoms with E-state index in [4.69, 9.17) is 4.98 Å². The van der Waals surface area contributed by atoms with Crippen LogP contribution in [-0.4, -0.2) is 14.1 Å². The zero-order valence-electron chi connectivity index (χ0n) is 25.0. The molecule has 0 bridgehead atoms. The third-order valence-electron chi connectivity index (χ3n) is 8.73. The van der Waals surface area contributed by atoms with Crippen molar-refractivity contribution in [3.63, 3.8) is 0 Å². The van der Waals surface area contributed by atoms with Crippen molar-refractivity contribution >= 4 is 43.6 Å². The summed E-state index contributed by atoms with van der Waals surface area (Å²) in [5.41, 5.74) is 7.33. The molecular weight excluding hydrogens is 592 g/mol. The third kappa shape index (κ3) is 4.08. The van der Waals surface area contributed by atoms with Crippen molar-refractivity contribution in [2.75, 3.05) is 0 Å². The van der Waals surface area contributed by atoms with Gasteiger partial charge in [-0.15, -0.1) is 0 Å². The molecular formula is C40H18N8. The van der Waals surface area contributed by atoms with Crippen molar-refractivity contribution in [1.29, 1.82) is 26.3 Å². The van der Waals surface area contributed by atoms with Gasteiger partial charge in [0.25, 0.3) is 0 Å². The highest BCUT2D eigenvalue weighted by molar-refractivity contribution is 6.11. The number of pyridine rings is 1. The molecule has 0 N–H and O–H groups in total. The Morgan fingerprint density at radius 1 is 0.438 bits per heavy atom. The second-order valence-corrected chi connectivity index (χ2v) is 11.3. The summed E-state index contributed by atoms with van der Waals surface area (Å²) in [6.45, 7) is 0. The molecule has 0 saturated heterocycles. The standard InChI is InChI=1S/C40H18N8/c41-18-24-5-9-30-31-10-6-25(19-42)14-36(31)47(35(30)13-24)39-23-46-40(17-34(39)29-4-2-1-3-28(29)22-45)48-37-15-26(20-43)7-11-32(37)33-12-8-27(21-44)16-38(33)48/h1-17,23H. The van der Waals surface area contributed by atoms with Gasteiger partial charge in [-0.1, -0.05) is 42.5 Å². The number of rotatable bonds is 3. The number of hydrogen-bond acceptors (Lipinski definition) is 6. The number of fused-ring (bicyclic) bond motifs is 6. The van der Waals surface area contributed by atoms with Crippen LogP contribution in [0.5, 0.6) is 0 Å². The van der Waals surface area contributed by atoms with Crippen LogP contribution in [0.1, 0.15) is 27.8 Å². The lowest BCUT2D eigenvalue weighted by Crippen LogP contribution is -2.04. The fourth-order valence-electron chi connectivity index (χ4n) is 6.59. The number of nitriles is 5. The molecule has 8 heteroatoms. The maximum absolute atomic E-state index is 10.2. The highest BCUT2D eigenvalue weighted by Crippen LogP contribution is 2.40. The van der Waals surface area contributed by atoms with Gasteiger partial charge in [0.1, 0.15) is 5.82 Å². The monoisotopic (exact) mass is 610 g/mol. The lowest BCUT2D eigenvalue weighted by atomic mass is 9.99. The van der Waals surface area contributed by atoms with Crippen LogP contribution in [0, 0.1) is 56.7 Å². The fourth-order valence-corrected chi connectivity index (χ4v) is 6.59. The second-order valence-electron chi connectivity index (χ2n) is 11.3. The highest BCUT2D eigenvalue weighted by Gasteiger charge is 2.21. The Kier molecular flexibility index (Phi) is 6.22. The summed E-state index contributed by atoms with van der Waals surface area (Å²) in [6.07, 6.45) is 1.73. The number of nitrogens with zero attached hydrogens (tertiary/aromatic N) is 8. The number of benzene rings is 5. The van der Waals surface area contributed by atoms with Crippen molar-refractivity contribution in [2.24, 2.45) is 0 Å². The number of aromatic nitrogens is 3. The van der Waals surface area contributed by atoms with Crippen LogP contribution in [0.4, 0.5) is 0 Å². The molecule has 0 radical (unpaired) electrons. The van der Waals surface area contributed by atoms with Crippen LogP contribution in [0.3, 0.4) is 0 Å². The van der Waals surface area contributed by atoms with Gasteiger partial charge in [0.15, 0.2) is 0 Å². The normalized spacial score (nSPS) is 10.8. The lowest BCUT2D eigenvalue weighted by Gasteiger charge is -2.17. The maximum atomic E-state index is 10.2. The average Bonchev–Trinajstić information content (AvgIpc) is 3.65. The average molecular weight is 611 g/mol. The number of hydrogen-bond donors (Lipinski definition) is 0. The minimum Gasteiger partial charge on any atom is -0.307 e. The van der Waals surface area contributed by atoms with E-state index in [2.05, 4.69) is 30.3 Å². The summed E-state index contributed by atoms with van der Waals surface area (Å²) in [7, 11) is 0. The smallest absolute Gasteiger partial charge is 0.138 e. The Morgan fingerprint density at radius 2 is 0.875 bits per heavy atom. The van der Waals surface area contributed by atoms with Gasteiger partial charge in [0.05, 0.1) is 92.1 Å². The highest BCUT2D eigenvalue weighted by atomic mass is 15.1. The summed E-state index contributed by atoms with van der Waals surface area (Å²) in [5.74, 6) is 0.517. The Balaban J connectivity index is 1.53. The van der Waals surface area contributed by atoms with E-state index in [1.165, 1.54) is 0 Å². The van der Waals surface area contributed by atoms with Gasteiger partial charge in [-0.25, -0.2) is 4.98 Å². The van der Waals surface area contributed by atoms with E-state index >= 15 is 0 Å². The largest absolute Gasteiger partial charge is 0.307 e. The van der Waals surface area contributed by atoms with Crippen molar-refractivity contribution in [2.45, 2.75) is 0 Å². The van der Waals surface area contributed by atoms with Crippen LogP contribution in [0.25, 0.3) is 66.2 Å². The van der Waals surface area contributed by atoms with E-state index in [1.54, 1.807) is 48.7 Å². The third-order valence-corrected chi connectivity index (χ3v) is 8.73. The SMILES string of the molecule is N#Cc1ccc2c3ccc(C#N)cc3n(-c3cc(-c4ccccc4C#N)c(-n4c5cc(C#N)ccc5c5ccc(C#N)cc54)cn3)c2c1. The van der Waals surface area contributed by atoms with Crippen LogP contribution >= 0.6 is 0 Å². The van der Waals surface area contributed by atoms with Gasteiger partial charge in [0.2, 0.25) is 0 Å². The van der Waals surface area contributed by atoms with E-state index in [0.29, 0.717) is 50.4 Å². The minimum atomic E-state index is 0.452. The van der Waals surface area contributed by atoms with Crippen LogP contribution < -0.4 is 0 Å². The van der Waals surface area contributed by atoms with E-state index in [-0.39, 0.29) is 0 Å². The summed E-state index contributed by atoms with van der Waals surface area (Å²) in [4.78, 5) is 4.99. The van der Waals surface area contributed by atoms with Crippen molar-refractivity contribution in [1.82, 2.24) is 14.1 Å². The molecule has 218 valence electrons. The van der Waals surface area contributed by atoms with E-state index in [9.17, 15) is 26.3 Å². The molecule has 0 atom stereocenters. The van der Waals surface area contributed by atoms with E-state index in [1.807, 2.05) is 69.8 Å². The van der Waals surface area contributed by atoms with Gasteiger partial charge in [-0.3, -0.25) is 4.57 Å². The van der Waals surface area contributed by atoms with Crippen LogP contribution in [0.2, 0.25) is 0 Å². The quantitative estimate of drug-likeness (QED) is 0.197. The molecule has 0 spiro atoms. The zero-order chi connectivity index (χ0) is 32.9. The molecule has 0 aliphatic carbocycles. The van der Waals surface area contributed by atoms with E-state index in [0.717, 1.165) is 43.6 Å². The molecule has 8 aromatic rings. The molecule has 3 aromatic heterocycles. The van der Waals surface area contributed by atoms with Crippen LogP contribution in [0.15, 0.2) is 109 Å². The summed E-state index contributed by atoms with van der Waals surface area (Å²) < 4.78 is 3.92. The summed E-state index contributed by atoms with van der Waals surface area (Å²) in [5, 5.41) is 53.0. The first-order valence-corrected chi connectivity index (χ1v) is 14.8. The summed E-state index contributed by atoms with van der Waals surface area (Å²) in [6, 6.07) is 42.4. The predicted molar refractivity (Wildman–Crippen MR) is 182 cm³/mol. The van der Waals surface area contributed by atoms with Gasteiger partial charge in [-0.05, 0) is 60.7 Å². The molecule has 0 saturated carbocycles. The molecule has 3 heterocycles. The van der Waals surface area contributed by atoms with Gasteiger partial charge < -0.3 is 4.57 Å². The first-order chi connectivity index (χ1) is 23.6. The molecule has 5 aromatic carbocycles. The molecule has 8 rings (SSSR count). The Bertz CT molecular complexity index is 2760. The first kappa shape index (κ1) is 27.8. The predicted octanol–water partition coefficient (Wildman–Crippen LogP) is 8.30. The van der Waals surface area contributed by atoms with Crippen molar-refractivity contribution in [3.05, 3.63) is 137 Å². The first-order valence-electron chi connectivity index (χ1n) is 14.8. The zero-order valence-corrected chi connectivity index (χ0v) is 25.0. The van der Waals surface area contributed by atoms with Gasteiger partial charge in [0, 0.05) is 32.7 Å². The second kappa shape index (κ2) is 10.7. The molecule has 48 heavy (non-hydrogen) atoms. The fraction of sp³-hybridized carbons (Fsp3) is 0. The molecule has 8 nitrogen and oxygen atoms in total. The molecule has 0 fully saturated rings. The Morgan fingerprint density at radius 3 is 1.31 bits per heavy atom. The molecule has 0 amide bonds. The van der Waals surface area contributed by atoms with Crippen molar-refractivity contribution < 1.29 is 0 Å². The van der Waals surface area contributed by atoms with Gasteiger partial charge in [-0.2, -0.15) is 26.3 Å². The lowest BCUT2D eigenvalue weighted by molar-refractivity contribution is 1.05. The summed E-state index contributed by atoms with van der Waals surface area (Å²) >= 11 is 0. The molecule has 0 aliphatic rings. The van der Waals surface area contributed by atoms with Crippen molar-refractivity contribution in [3.8, 4) is 53.0 Å². The maximum Gasteiger partial charge on any atom is 0.138 e. The van der Waals surface area contributed by atoms with Crippen LogP contribution in [-0.2, 0) is 0 Å². The molecule has 0 unspecified atom stereocenters. The van der Waals surface area contributed by atoms with Gasteiger partial charge >= 0.3 is 0 Å². The Labute approximate surface area is 273 Å². The topological polar surface area (TPSA) is 142 Å². The molecule has 0 aliphatic heterocycles. The Hall–Kier alpha value is -7.70. The minimum absolute atomic E-state index is 0.452.